The second-order valence-corrected chi connectivity index (χ2v) is 6.31. The predicted molar refractivity (Wildman–Crippen MR) is 83.6 cm³/mol. The molecule has 3 unspecified atom stereocenters. The lowest BCUT2D eigenvalue weighted by Crippen LogP contribution is -2.50. The molecule has 1 aromatic carbocycles. The van der Waals surface area contributed by atoms with Crippen molar-refractivity contribution < 1.29 is 22.6 Å². The molecule has 4 nitrogen and oxygen atoms in total. The summed E-state index contributed by atoms with van der Waals surface area (Å²) < 4.78 is 49.0. The first-order valence-corrected chi connectivity index (χ1v) is 8.42. The van der Waals surface area contributed by atoms with E-state index in [1.54, 1.807) is 0 Å². The maximum absolute atomic E-state index is 14.0. The minimum Gasteiger partial charge on any atom is -0.434 e. The molecule has 1 saturated carbocycles. The minimum atomic E-state index is -2.96. The lowest BCUT2D eigenvalue weighted by Gasteiger charge is -2.33. The summed E-state index contributed by atoms with van der Waals surface area (Å²) >= 11 is 0. The molecule has 24 heavy (non-hydrogen) atoms. The molecule has 2 fully saturated rings. The van der Waals surface area contributed by atoms with E-state index in [-0.39, 0.29) is 29.9 Å². The van der Waals surface area contributed by atoms with Crippen LogP contribution in [0.5, 0.6) is 5.75 Å². The third kappa shape index (κ3) is 4.20. The van der Waals surface area contributed by atoms with Crippen LogP contribution in [0.1, 0.15) is 24.8 Å². The third-order valence-electron chi connectivity index (χ3n) is 4.87. The van der Waals surface area contributed by atoms with Crippen LogP contribution in [0.3, 0.4) is 0 Å². The third-order valence-corrected chi connectivity index (χ3v) is 4.87. The van der Waals surface area contributed by atoms with Crippen LogP contribution in [-0.4, -0.2) is 38.5 Å². The minimum absolute atomic E-state index is 0.105. The zero-order valence-electron chi connectivity index (χ0n) is 13.4. The van der Waals surface area contributed by atoms with Gasteiger partial charge < -0.3 is 20.1 Å². The summed E-state index contributed by atoms with van der Waals surface area (Å²) in [7, 11) is 0. The molecule has 0 spiro atoms. The molecule has 0 aromatic heterocycles. The van der Waals surface area contributed by atoms with Gasteiger partial charge in [0.15, 0.2) is 0 Å². The number of benzene rings is 1. The van der Waals surface area contributed by atoms with Crippen molar-refractivity contribution in [2.45, 2.75) is 44.5 Å². The van der Waals surface area contributed by atoms with Crippen molar-refractivity contribution in [3.8, 4) is 5.75 Å². The van der Waals surface area contributed by atoms with E-state index in [1.807, 2.05) is 0 Å². The molecule has 3 atom stereocenters. The van der Waals surface area contributed by atoms with E-state index in [4.69, 9.17) is 4.74 Å². The number of halogens is 3. The normalized spacial score (nSPS) is 27.6. The Morgan fingerprint density at radius 1 is 1.33 bits per heavy atom. The molecule has 1 aliphatic heterocycles. The molecule has 1 aliphatic carbocycles. The standard InChI is InChI=1S/C17H23F3N2O2/c18-13-4-2-6-16(24-17(19)20)12(13)9-22-14-5-1-3-11(14)15-10-23-8-7-21-15/h2,4,6,11,14-15,17,21-22H,1,3,5,7-10H2. The highest BCUT2D eigenvalue weighted by Gasteiger charge is 2.34. The summed E-state index contributed by atoms with van der Waals surface area (Å²) in [6.07, 6.45) is 3.16. The fraction of sp³-hybridized carbons (Fsp3) is 0.647. The second-order valence-electron chi connectivity index (χ2n) is 6.31. The quantitative estimate of drug-likeness (QED) is 0.833. The average molecular weight is 344 g/mol. The van der Waals surface area contributed by atoms with E-state index in [2.05, 4.69) is 15.4 Å². The number of hydrogen-bond acceptors (Lipinski definition) is 4. The maximum Gasteiger partial charge on any atom is 0.387 e. The molecule has 0 radical (unpaired) electrons. The number of nitrogens with one attached hydrogen (secondary N) is 2. The number of morpholine rings is 1. The van der Waals surface area contributed by atoms with E-state index in [9.17, 15) is 13.2 Å². The van der Waals surface area contributed by atoms with Gasteiger partial charge in [0, 0.05) is 30.7 Å². The second kappa shape index (κ2) is 8.18. The van der Waals surface area contributed by atoms with Gasteiger partial charge >= 0.3 is 6.61 Å². The van der Waals surface area contributed by atoms with Gasteiger partial charge in [0.2, 0.25) is 0 Å². The number of rotatable bonds is 6. The fourth-order valence-electron chi connectivity index (χ4n) is 3.73. The van der Waals surface area contributed by atoms with Crippen molar-refractivity contribution in [3.05, 3.63) is 29.6 Å². The molecule has 7 heteroatoms. The predicted octanol–water partition coefficient (Wildman–Crippen LogP) is 2.67. The molecule has 0 bridgehead atoms. The van der Waals surface area contributed by atoms with Crippen LogP contribution in [0.4, 0.5) is 13.2 Å². The average Bonchev–Trinajstić information content (AvgIpc) is 3.03. The van der Waals surface area contributed by atoms with Crippen molar-refractivity contribution in [2.24, 2.45) is 5.92 Å². The molecule has 3 rings (SSSR count). The molecule has 134 valence electrons. The lowest BCUT2D eigenvalue weighted by atomic mass is 9.94. The van der Waals surface area contributed by atoms with Gasteiger partial charge in [0.25, 0.3) is 0 Å². The smallest absolute Gasteiger partial charge is 0.387 e. The summed E-state index contributed by atoms with van der Waals surface area (Å²) in [6.45, 7) is -0.544. The van der Waals surface area contributed by atoms with Crippen LogP contribution in [0.15, 0.2) is 18.2 Å². The Hall–Kier alpha value is -1.31. The Kier molecular flexibility index (Phi) is 5.97. The molecular weight excluding hydrogens is 321 g/mol. The SMILES string of the molecule is Fc1cccc(OC(F)F)c1CNC1CCCC1C1COCCN1. The van der Waals surface area contributed by atoms with E-state index < -0.39 is 12.4 Å². The molecular formula is C17H23F3N2O2. The van der Waals surface area contributed by atoms with Gasteiger partial charge in [-0.2, -0.15) is 8.78 Å². The van der Waals surface area contributed by atoms with Gasteiger partial charge in [0.05, 0.1) is 13.2 Å². The summed E-state index contributed by atoms with van der Waals surface area (Å²) in [5, 5.41) is 6.81. The summed E-state index contributed by atoms with van der Waals surface area (Å²) in [6, 6.07) is 4.50. The number of hydrogen-bond donors (Lipinski definition) is 2. The fourth-order valence-corrected chi connectivity index (χ4v) is 3.73. The monoisotopic (exact) mass is 344 g/mol. The number of alkyl halides is 2. The first-order chi connectivity index (χ1) is 11.6. The van der Waals surface area contributed by atoms with Gasteiger partial charge in [-0.3, -0.25) is 0 Å². The lowest BCUT2D eigenvalue weighted by molar-refractivity contribution is -0.0507. The van der Waals surface area contributed by atoms with Crippen LogP contribution in [0.2, 0.25) is 0 Å². The Balaban J connectivity index is 1.64. The number of ether oxygens (including phenoxy) is 2. The topological polar surface area (TPSA) is 42.5 Å². The molecule has 1 saturated heterocycles. The van der Waals surface area contributed by atoms with Crippen LogP contribution in [0.25, 0.3) is 0 Å². The zero-order valence-corrected chi connectivity index (χ0v) is 13.4. The summed E-state index contributed by atoms with van der Waals surface area (Å²) in [4.78, 5) is 0. The van der Waals surface area contributed by atoms with Gasteiger partial charge in [-0.05, 0) is 30.9 Å². The van der Waals surface area contributed by atoms with E-state index in [1.165, 1.54) is 18.2 Å². The molecule has 1 heterocycles. The van der Waals surface area contributed by atoms with Crippen molar-refractivity contribution in [1.82, 2.24) is 10.6 Å². The van der Waals surface area contributed by atoms with Crippen molar-refractivity contribution in [2.75, 3.05) is 19.8 Å². The molecule has 1 aromatic rings. The van der Waals surface area contributed by atoms with Crippen LogP contribution >= 0.6 is 0 Å². The highest BCUT2D eigenvalue weighted by Crippen LogP contribution is 2.31. The molecule has 0 amide bonds. The van der Waals surface area contributed by atoms with Crippen LogP contribution in [-0.2, 0) is 11.3 Å². The van der Waals surface area contributed by atoms with Gasteiger partial charge in [-0.15, -0.1) is 0 Å². The van der Waals surface area contributed by atoms with Crippen molar-refractivity contribution >= 4 is 0 Å². The van der Waals surface area contributed by atoms with E-state index >= 15 is 0 Å². The van der Waals surface area contributed by atoms with Crippen molar-refractivity contribution in [1.29, 1.82) is 0 Å². The first kappa shape index (κ1) is 17.5. The Morgan fingerprint density at radius 2 is 2.21 bits per heavy atom. The highest BCUT2D eigenvalue weighted by atomic mass is 19.3. The Morgan fingerprint density at radius 3 is 2.96 bits per heavy atom. The Bertz CT molecular complexity index is 539. The van der Waals surface area contributed by atoms with Crippen LogP contribution in [0, 0.1) is 11.7 Å². The molecule has 2 N–H and O–H groups in total. The van der Waals surface area contributed by atoms with E-state index in [0.29, 0.717) is 12.5 Å². The van der Waals surface area contributed by atoms with Gasteiger partial charge in [-0.25, -0.2) is 4.39 Å². The van der Waals surface area contributed by atoms with E-state index in [0.717, 1.165) is 32.4 Å². The van der Waals surface area contributed by atoms with Gasteiger partial charge in [-0.1, -0.05) is 12.5 Å². The maximum atomic E-state index is 14.0. The van der Waals surface area contributed by atoms with Crippen molar-refractivity contribution in [3.63, 3.8) is 0 Å². The Labute approximate surface area is 139 Å². The highest BCUT2D eigenvalue weighted by molar-refractivity contribution is 5.34. The van der Waals surface area contributed by atoms with Crippen LogP contribution < -0.4 is 15.4 Å². The molecule has 2 aliphatic rings. The first-order valence-electron chi connectivity index (χ1n) is 8.42. The summed E-state index contributed by atoms with van der Waals surface area (Å²) in [5.41, 5.74) is 0.149. The van der Waals surface area contributed by atoms with Gasteiger partial charge in [0.1, 0.15) is 11.6 Å². The zero-order chi connectivity index (χ0) is 16.9. The largest absolute Gasteiger partial charge is 0.434 e. The summed E-state index contributed by atoms with van der Waals surface area (Å²) in [5.74, 6) is -0.239.